The predicted octanol–water partition coefficient (Wildman–Crippen LogP) is 3.04. The van der Waals surface area contributed by atoms with Crippen molar-refractivity contribution in [3.8, 4) is 17.6 Å². The van der Waals surface area contributed by atoms with Crippen molar-refractivity contribution in [1.82, 2.24) is 15.5 Å². The second-order valence-corrected chi connectivity index (χ2v) is 5.99. The standard InChI is InChI=1S/C21H19N5O3/c1-28-18-9-5-15(11-19(18)29-2)13-23-21(27)17-8-10-20(26-25-17)24-16-6-3-14(12-22)4-7-16/h3-11H,13H2,1-2H3,(H,23,27)(H,24,26). The Balaban J connectivity index is 1.59. The Hall–Kier alpha value is -4.12. The van der Waals surface area contributed by atoms with Gasteiger partial charge in [0.25, 0.3) is 5.91 Å². The number of nitriles is 1. The van der Waals surface area contributed by atoms with Crippen LogP contribution in [0.25, 0.3) is 0 Å². The van der Waals surface area contributed by atoms with E-state index >= 15 is 0 Å². The lowest BCUT2D eigenvalue weighted by Crippen LogP contribution is -2.24. The number of benzene rings is 2. The highest BCUT2D eigenvalue weighted by atomic mass is 16.5. The van der Waals surface area contributed by atoms with Gasteiger partial charge in [-0.05, 0) is 54.1 Å². The lowest BCUT2D eigenvalue weighted by Gasteiger charge is -2.10. The maximum atomic E-state index is 12.3. The van der Waals surface area contributed by atoms with Gasteiger partial charge in [-0.15, -0.1) is 10.2 Å². The highest BCUT2D eigenvalue weighted by Gasteiger charge is 2.10. The number of anilines is 2. The minimum Gasteiger partial charge on any atom is -0.493 e. The first-order chi connectivity index (χ1) is 14.1. The summed E-state index contributed by atoms with van der Waals surface area (Å²) in [7, 11) is 3.13. The van der Waals surface area contributed by atoms with Crippen LogP contribution in [0.2, 0.25) is 0 Å². The van der Waals surface area contributed by atoms with E-state index < -0.39 is 0 Å². The average molecular weight is 389 g/mol. The summed E-state index contributed by atoms with van der Waals surface area (Å²) in [6.07, 6.45) is 0. The molecule has 8 nitrogen and oxygen atoms in total. The van der Waals surface area contributed by atoms with Gasteiger partial charge in [-0.25, -0.2) is 0 Å². The van der Waals surface area contributed by atoms with Gasteiger partial charge >= 0.3 is 0 Å². The largest absolute Gasteiger partial charge is 0.493 e. The molecule has 1 amide bonds. The maximum absolute atomic E-state index is 12.3. The monoisotopic (exact) mass is 389 g/mol. The smallest absolute Gasteiger partial charge is 0.272 e. The minimum atomic E-state index is -0.336. The number of methoxy groups -OCH3 is 2. The van der Waals surface area contributed by atoms with Crippen molar-refractivity contribution in [2.45, 2.75) is 6.54 Å². The molecule has 0 radical (unpaired) electrons. The first kappa shape index (κ1) is 19.6. The molecule has 0 saturated heterocycles. The van der Waals surface area contributed by atoms with E-state index in [1.165, 1.54) is 0 Å². The van der Waals surface area contributed by atoms with Crippen LogP contribution in [0.4, 0.5) is 11.5 Å². The van der Waals surface area contributed by atoms with Crippen LogP contribution >= 0.6 is 0 Å². The third-order valence-electron chi connectivity index (χ3n) is 4.08. The first-order valence-corrected chi connectivity index (χ1v) is 8.73. The zero-order valence-corrected chi connectivity index (χ0v) is 16.0. The molecule has 0 saturated carbocycles. The summed E-state index contributed by atoms with van der Waals surface area (Å²) in [5, 5.41) is 22.7. The van der Waals surface area contributed by atoms with Crippen LogP contribution in [0.3, 0.4) is 0 Å². The Morgan fingerprint density at radius 2 is 1.76 bits per heavy atom. The zero-order chi connectivity index (χ0) is 20.6. The van der Waals surface area contributed by atoms with E-state index in [0.717, 1.165) is 11.3 Å². The molecule has 0 spiro atoms. The molecule has 1 heterocycles. The Bertz CT molecular complexity index is 1030. The van der Waals surface area contributed by atoms with E-state index in [-0.39, 0.29) is 11.6 Å². The summed E-state index contributed by atoms with van der Waals surface area (Å²) in [6, 6.07) is 17.7. The normalized spacial score (nSPS) is 9.97. The molecule has 8 heteroatoms. The highest BCUT2D eigenvalue weighted by Crippen LogP contribution is 2.27. The van der Waals surface area contributed by atoms with Crippen LogP contribution in [0.5, 0.6) is 11.5 Å². The van der Waals surface area contributed by atoms with Gasteiger partial charge in [0.15, 0.2) is 23.0 Å². The van der Waals surface area contributed by atoms with E-state index in [4.69, 9.17) is 14.7 Å². The third-order valence-corrected chi connectivity index (χ3v) is 4.08. The fourth-order valence-corrected chi connectivity index (χ4v) is 2.56. The van der Waals surface area contributed by atoms with Crippen molar-refractivity contribution in [3.63, 3.8) is 0 Å². The molecule has 2 N–H and O–H groups in total. The van der Waals surface area contributed by atoms with E-state index in [2.05, 4.69) is 26.9 Å². The van der Waals surface area contributed by atoms with Gasteiger partial charge in [0.2, 0.25) is 0 Å². The summed E-state index contributed by atoms with van der Waals surface area (Å²) < 4.78 is 10.5. The van der Waals surface area contributed by atoms with Crippen LogP contribution < -0.4 is 20.1 Å². The van der Waals surface area contributed by atoms with Crippen molar-refractivity contribution >= 4 is 17.4 Å². The molecule has 29 heavy (non-hydrogen) atoms. The molecule has 146 valence electrons. The van der Waals surface area contributed by atoms with Crippen molar-refractivity contribution in [2.75, 3.05) is 19.5 Å². The quantitative estimate of drug-likeness (QED) is 0.639. The fourth-order valence-electron chi connectivity index (χ4n) is 2.56. The van der Waals surface area contributed by atoms with Crippen molar-refractivity contribution in [2.24, 2.45) is 0 Å². The number of hydrogen-bond donors (Lipinski definition) is 2. The van der Waals surface area contributed by atoms with Crippen LogP contribution in [-0.2, 0) is 6.54 Å². The number of nitrogens with zero attached hydrogens (tertiary/aromatic N) is 3. The molecule has 0 bridgehead atoms. The lowest BCUT2D eigenvalue weighted by molar-refractivity contribution is 0.0945. The van der Waals surface area contributed by atoms with Crippen molar-refractivity contribution in [3.05, 3.63) is 71.4 Å². The maximum Gasteiger partial charge on any atom is 0.272 e. The fraction of sp³-hybridized carbons (Fsp3) is 0.143. The summed E-state index contributed by atoms with van der Waals surface area (Å²) in [4.78, 5) is 12.3. The number of rotatable bonds is 7. The molecular formula is C21H19N5O3. The molecular weight excluding hydrogens is 370 g/mol. The second-order valence-electron chi connectivity index (χ2n) is 5.99. The summed E-state index contributed by atoms with van der Waals surface area (Å²) in [5.41, 5.74) is 2.41. The SMILES string of the molecule is COc1ccc(CNC(=O)c2ccc(Nc3ccc(C#N)cc3)nn2)cc1OC. The molecule has 0 aliphatic carbocycles. The summed E-state index contributed by atoms with van der Waals surface area (Å²) in [5.74, 6) is 1.37. The number of amides is 1. The van der Waals surface area contributed by atoms with Crippen LogP contribution in [0.15, 0.2) is 54.6 Å². The molecule has 0 unspecified atom stereocenters. The van der Waals surface area contributed by atoms with Gasteiger partial charge < -0.3 is 20.1 Å². The Labute approximate surface area is 168 Å². The molecule has 0 aliphatic heterocycles. The summed E-state index contributed by atoms with van der Waals surface area (Å²) in [6.45, 7) is 0.312. The topological polar surface area (TPSA) is 109 Å². The number of ether oxygens (including phenoxy) is 2. The average Bonchev–Trinajstić information content (AvgIpc) is 2.78. The van der Waals surface area contributed by atoms with Crippen molar-refractivity contribution in [1.29, 1.82) is 5.26 Å². The highest BCUT2D eigenvalue weighted by molar-refractivity contribution is 5.92. The van der Waals surface area contributed by atoms with E-state index in [1.54, 1.807) is 62.8 Å². The summed E-state index contributed by atoms with van der Waals surface area (Å²) >= 11 is 0. The van der Waals surface area contributed by atoms with Crippen LogP contribution in [0, 0.1) is 11.3 Å². The molecule has 3 aromatic rings. The molecule has 0 fully saturated rings. The van der Waals surface area contributed by atoms with E-state index in [9.17, 15) is 4.79 Å². The number of carbonyl (C=O) groups is 1. The number of carbonyl (C=O) groups excluding carboxylic acids is 1. The van der Waals surface area contributed by atoms with Gasteiger partial charge in [-0.1, -0.05) is 6.07 Å². The van der Waals surface area contributed by atoms with Crippen LogP contribution in [-0.4, -0.2) is 30.3 Å². The Morgan fingerprint density at radius 1 is 1.00 bits per heavy atom. The first-order valence-electron chi connectivity index (χ1n) is 8.73. The van der Waals surface area contributed by atoms with Gasteiger partial charge in [0, 0.05) is 12.2 Å². The Morgan fingerprint density at radius 3 is 2.38 bits per heavy atom. The van der Waals surface area contributed by atoms with Gasteiger partial charge in [0.05, 0.1) is 25.9 Å². The molecule has 3 rings (SSSR count). The van der Waals surface area contributed by atoms with Gasteiger partial charge in [-0.3, -0.25) is 4.79 Å². The van der Waals surface area contributed by atoms with Gasteiger partial charge in [0.1, 0.15) is 0 Å². The molecule has 0 atom stereocenters. The number of hydrogen-bond acceptors (Lipinski definition) is 7. The predicted molar refractivity (Wildman–Crippen MR) is 107 cm³/mol. The number of nitrogens with one attached hydrogen (secondary N) is 2. The Kier molecular flexibility index (Phi) is 6.22. The number of aromatic nitrogens is 2. The third kappa shape index (κ3) is 4.99. The van der Waals surface area contributed by atoms with Crippen molar-refractivity contribution < 1.29 is 14.3 Å². The minimum absolute atomic E-state index is 0.204. The lowest BCUT2D eigenvalue weighted by atomic mass is 10.2. The second kappa shape index (κ2) is 9.19. The zero-order valence-electron chi connectivity index (χ0n) is 16.0. The molecule has 1 aromatic heterocycles. The van der Waals surface area contributed by atoms with Crippen LogP contribution in [0.1, 0.15) is 21.6 Å². The van der Waals surface area contributed by atoms with E-state index in [0.29, 0.717) is 29.4 Å². The van der Waals surface area contributed by atoms with E-state index in [1.807, 2.05) is 6.07 Å². The molecule has 0 aliphatic rings. The van der Waals surface area contributed by atoms with Gasteiger partial charge in [-0.2, -0.15) is 5.26 Å². The molecule has 2 aromatic carbocycles.